The van der Waals surface area contributed by atoms with Crippen molar-refractivity contribution in [2.24, 2.45) is 0 Å². The molecule has 1 aromatic rings. The summed E-state index contributed by atoms with van der Waals surface area (Å²) < 4.78 is 5.86. The van der Waals surface area contributed by atoms with E-state index in [2.05, 4.69) is 17.1 Å². The quantitative estimate of drug-likeness (QED) is 0.859. The van der Waals surface area contributed by atoms with Crippen LogP contribution in [0.1, 0.15) is 28.6 Å². The number of fused-ring (bicyclic) bond motifs is 1. The summed E-state index contributed by atoms with van der Waals surface area (Å²) in [7, 11) is 0. The van der Waals surface area contributed by atoms with Crippen LogP contribution in [-0.2, 0) is 17.7 Å². The molecule has 1 unspecified atom stereocenters. The summed E-state index contributed by atoms with van der Waals surface area (Å²) in [5.74, 6) is 0. The monoisotopic (exact) mass is 253 g/mol. The molecule has 2 aliphatic rings. The highest BCUT2D eigenvalue weighted by molar-refractivity contribution is 7.11. The third-order valence-electron chi connectivity index (χ3n) is 3.49. The molecule has 1 N–H and O–H groups in total. The molecule has 5 heteroatoms. The fourth-order valence-electron chi connectivity index (χ4n) is 2.42. The van der Waals surface area contributed by atoms with Gasteiger partial charge in [-0.3, -0.25) is 4.90 Å². The maximum atomic E-state index is 5.86. The van der Waals surface area contributed by atoms with Crippen LogP contribution in [0.15, 0.2) is 0 Å². The van der Waals surface area contributed by atoms with Gasteiger partial charge in [-0.05, 0) is 6.54 Å². The number of nitrogens with zero attached hydrogens (tertiary/aromatic N) is 2. The fraction of sp³-hybridized carbons (Fsp3) is 0.750. The smallest absolute Gasteiger partial charge is 0.123 e. The summed E-state index contributed by atoms with van der Waals surface area (Å²) in [4.78, 5) is 8.61. The number of rotatable bonds is 2. The Morgan fingerprint density at radius 1 is 1.59 bits per heavy atom. The van der Waals surface area contributed by atoms with Crippen LogP contribution in [0.5, 0.6) is 0 Å². The van der Waals surface area contributed by atoms with E-state index < -0.39 is 0 Å². The highest BCUT2D eigenvalue weighted by Gasteiger charge is 2.25. The lowest BCUT2D eigenvalue weighted by atomic mass is 10.2. The summed E-state index contributed by atoms with van der Waals surface area (Å²) in [5.41, 5.74) is 1.29. The van der Waals surface area contributed by atoms with E-state index in [0.29, 0.717) is 0 Å². The van der Waals surface area contributed by atoms with E-state index in [1.54, 1.807) is 0 Å². The molecule has 2 aliphatic heterocycles. The van der Waals surface area contributed by atoms with E-state index in [9.17, 15) is 0 Å². The number of thiazole rings is 1. The number of nitrogens with one attached hydrogen (secondary N) is 1. The Labute approximate surface area is 106 Å². The molecule has 0 bridgehead atoms. The second-order valence-electron chi connectivity index (χ2n) is 4.60. The Balaban J connectivity index is 1.76. The molecular weight excluding hydrogens is 234 g/mol. The highest BCUT2D eigenvalue weighted by atomic mass is 32.1. The fourth-order valence-corrected chi connectivity index (χ4v) is 3.54. The average molecular weight is 253 g/mol. The van der Waals surface area contributed by atoms with Crippen molar-refractivity contribution in [1.29, 1.82) is 0 Å². The molecule has 3 heterocycles. The van der Waals surface area contributed by atoms with Gasteiger partial charge in [-0.1, -0.05) is 6.92 Å². The lowest BCUT2D eigenvalue weighted by Crippen LogP contribution is -2.38. The molecule has 0 aromatic carbocycles. The summed E-state index contributed by atoms with van der Waals surface area (Å²) in [5, 5.41) is 4.57. The Kier molecular flexibility index (Phi) is 3.42. The van der Waals surface area contributed by atoms with Gasteiger partial charge in [0.25, 0.3) is 0 Å². The van der Waals surface area contributed by atoms with E-state index in [1.165, 1.54) is 15.6 Å². The Morgan fingerprint density at radius 3 is 3.35 bits per heavy atom. The van der Waals surface area contributed by atoms with Gasteiger partial charge in [0.2, 0.25) is 0 Å². The van der Waals surface area contributed by atoms with Gasteiger partial charge < -0.3 is 10.1 Å². The van der Waals surface area contributed by atoms with Crippen LogP contribution in [0.2, 0.25) is 0 Å². The van der Waals surface area contributed by atoms with Crippen LogP contribution >= 0.6 is 11.3 Å². The lowest BCUT2D eigenvalue weighted by Gasteiger charge is -2.30. The Bertz CT molecular complexity index is 370. The molecule has 0 aliphatic carbocycles. The molecule has 17 heavy (non-hydrogen) atoms. The zero-order valence-corrected chi connectivity index (χ0v) is 11.1. The maximum absolute atomic E-state index is 5.86. The lowest BCUT2D eigenvalue weighted by molar-refractivity contribution is -0.0283. The minimum absolute atomic E-state index is 0.194. The van der Waals surface area contributed by atoms with Crippen molar-refractivity contribution in [3.05, 3.63) is 15.6 Å². The zero-order chi connectivity index (χ0) is 11.7. The van der Waals surface area contributed by atoms with Gasteiger partial charge in [0.1, 0.15) is 11.1 Å². The maximum Gasteiger partial charge on any atom is 0.123 e. The van der Waals surface area contributed by atoms with Crippen molar-refractivity contribution in [2.45, 2.75) is 26.0 Å². The predicted molar refractivity (Wildman–Crippen MR) is 68.3 cm³/mol. The number of likely N-dealkylation sites (N-methyl/N-ethyl adjacent to an activating group) is 1. The van der Waals surface area contributed by atoms with Crippen molar-refractivity contribution < 1.29 is 4.74 Å². The van der Waals surface area contributed by atoms with Crippen molar-refractivity contribution >= 4 is 11.3 Å². The first-order chi connectivity index (χ1) is 8.36. The average Bonchev–Trinajstić information content (AvgIpc) is 2.82. The van der Waals surface area contributed by atoms with Gasteiger partial charge in [-0.2, -0.15) is 0 Å². The van der Waals surface area contributed by atoms with E-state index >= 15 is 0 Å². The largest absolute Gasteiger partial charge is 0.368 e. The van der Waals surface area contributed by atoms with Crippen molar-refractivity contribution in [2.75, 3.05) is 32.8 Å². The molecule has 1 atom stereocenters. The molecular formula is C12H19N3OS. The molecule has 1 fully saturated rings. The van der Waals surface area contributed by atoms with E-state index in [1.807, 2.05) is 11.3 Å². The second-order valence-corrected chi connectivity index (χ2v) is 5.72. The van der Waals surface area contributed by atoms with E-state index in [-0.39, 0.29) is 6.10 Å². The van der Waals surface area contributed by atoms with Crippen LogP contribution in [-0.4, -0.2) is 42.7 Å². The van der Waals surface area contributed by atoms with Gasteiger partial charge in [-0.25, -0.2) is 4.98 Å². The molecule has 0 spiro atoms. The van der Waals surface area contributed by atoms with Crippen LogP contribution in [0.4, 0.5) is 0 Å². The summed E-state index contributed by atoms with van der Waals surface area (Å²) in [6.45, 7) is 8.24. The number of aromatic nitrogens is 1. The normalized spacial score (nSPS) is 25.8. The topological polar surface area (TPSA) is 37.4 Å². The van der Waals surface area contributed by atoms with Gasteiger partial charge in [0, 0.05) is 37.5 Å². The van der Waals surface area contributed by atoms with Gasteiger partial charge in [0.15, 0.2) is 0 Å². The van der Waals surface area contributed by atoms with Crippen LogP contribution in [0.3, 0.4) is 0 Å². The molecule has 0 saturated carbocycles. The first kappa shape index (κ1) is 11.6. The Morgan fingerprint density at radius 2 is 2.53 bits per heavy atom. The van der Waals surface area contributed by atoms with Gasteiger partial charge in [-0.15, -0.1) is 11.3 Å². The summed E-state index contributed by atoms with van der Waals surface area (Å²) >= 11 is 1.83. The van der Waals surface area contributed by atoms with Gasteiger partial charge >= 0.3 is 0 Å². The van der Waals surface area contributed by atoms with Crippen LogP contribution < -0.4 is 5.32 Å². The predicted octanol–water partition coefficient (Wildman–Crippen LogP) is 1.18. The molecule has 1 saturated heterocycles. The number of hydrogen-bond acceptors (Lipinski definition) is 5. The summed E-state index contributed by atoms with van der Waals surface area (Å²) in [6.07, 6.45) is 1.26. The third-order valence-corrected chi connectivity index (χ3v) is 4.68. The van der Waals surface area contributed by atoms with Gasteiger partial charge in [0.05, 0.1) is 12.3 Å². The molecule has 0 amide bonds. The molecule has 0 radical (unpaired) electrons. The van der Waals surface area contributed by atoms with Crippen LogP contribution in [0, 0.1) is 0 Å². The third kappa shape index (κ3) is 2.38. The van der Waals surface area contributed by atoms with Crippen LogP contribution in [0.25, 0.3) is 0 Å². The van der Waals surface area contributed by atoms with E-state index in [0.717, 1.165) is 45.8 Å². The molecule has 94 valence electrons. The number of morpholine rings is 1. The standard InChI is InChI=1S/C12H19N3OS/c1-2-15-5-6-16-10(8-15)12-14-9-3-4-13-7-11(9)17-12/h10,13H,2-8H2,1H3. The number of ether oxygens (including phenoxy) is 1. The summed E-state index contributed by atoms with van der Waals surface area (Å²) in [6, 6.07) is 0. The molecule has 1 aromatic heterocycles. The minimum atomic E-state index is 0.194. The Hall–Kier alpha value is -0.490. The molecule has 3 rings (SSSR count). The first-order valence-electron chi connectivity index (χ1n) is 6.40. The SMILES string of the molecule is CCN1CCOC(c2nc3c(s2)CNCC3)C1. The van der Waals surface area contributed by atoms with E-state index in [4.69, 9.17) is 9.72 Å². The van der Waals surface area contributed by atoms with Crippen molar-refractivity contribution in [3.63, 3.8) is 0 Å². The van der Waals surface area contributed by atoms with Crippen molar-refractivity contribution in [1.82, 2.24) is 15.2 Å². The second kappa shape index (κ2) is 5.02. The van der Waals surface area contributed by atoms with Crippen molar-refractivity contribution in [3.8, 4) is 0 Å². The highest BCUT2D eigenvalue weighted by Crippen LogP contribution is 2.29. The minimum Gasteiger partial charge on any atom is -0.368 e. The first-order valence-corrected chi connectivity index (χ1v) is 7.21. The number of hydrogen-bond donors (Lipinski definition) is 1. The molecule has 4 nitrogen and oxygen atoms in total. The zero-order valence-electron chi connectivity index (χ0n) is 10.2.